The summed E-state index contributed by atoms with van der Waals surface area (Å²) in [5, 5.41) is 2.60. The fourth-order valence-electron chi connectivity index (χ4n) is 4.46. The first-order chi connectivity index (χ1) is 19.4. The molecule has 2 fully saturated rings. The quantitative estimate of drug-likeness (QED) is 0.477. The molecule has 0 bridgehead atoms. The van der Waals surface area contributed by atoms with Gasteiger partial charge in [-0.05, 0) is 23.8 Å². The summed E-state index contributed by atoms with van der Waals surface area (Å²) in [5.41, 5.74) is 2.01. The first-order valence-electron chi connectivity index (χ1n) is 13.0. The summed E-state index contributed by atoms with van der Waals surface area (Å²) in [7, 11) is 0. The van der Waals surface area contributed by atoms with E-state index in [4.69, 9.17) is 9.47 Å². The average molecular weight is 549 g/mol. The van der Waals surface area contributed by atoms with Crippen LogP contribution in [0.2, 0.25) is 0 Å². The number of halogens is 1. The van der Waals surface area contributed by atoms with Crippen LogP contribution < -0.4 is 15.1 Å². The van der Waals surface area contributed by atoms with Crippen LogP contribution in [0.1, 0.15) is 18.9 Å². The maximum atomic E-state index is 15.1. The van der Waals surface area contributed by atoms with Gasteiger partial charge < -0.3 is 24.6 Å². The number of aromatic nitrogens is 2. The molecule has 1 unspecified atom stereocenters. The lowest BCUT2D eigenvalue weighted by atomic mass is 10.1. The number of nitrogens with one attached hydrogen (secondary N) is 1. The minimum Gasteiger partial charge on any atom is -0.445 e. The second-order valence-electron chi connectivity index (χ2n) is 9.35. The number of piperazine rings is 1. The van der Waals surface area contributed by atoms with Gasteiger partial charge in [0.1, 0.15) is 12.4 Å². The van der Waals surface area contributed by atoms with Gasteiger partial charge in [0, 0.05) is 56.1 Å². The van der Waals surface area contributed by atoms with Gasteiger partial charge in [0.05, 0.1) is 12.2 Å². The SMILES string of the molecule is CCC(=O)NC1CN(c2ccc(-c3cnc(N4CCN(C(=O)OCc5ccccc5)CC4)nc3)c(F)c2)C(=O)O1. The van der Waals surface area contributed by atoms with Crippen LogP contribution in [-0.4, -0.2) is 71.9 Å². The van der Waals surface area contributed by atoms with Crippen LogP contribution in [0.4, 0.5) is 25.6 Å². The van der Waals surface area contributed by atoms with E-state index in [2.05, 4.69) is 15.3 Å². The zero-order valence-corrected chi connectivity index (χ0v) is 22.0. The Kier molecular flexibility index (Phi) is 8.04. The first-order valence-corrected chi connectivity index (χ1v) is 13.0. The van der Waals surface area contributed by atoms with Crippen molar-refractivity contribution in [3.63, 3.8) is 0 Å². The van der Waals surface area contributed by atoms with Crippen LogP contribution in [0.25, 0.3) is 11.1 Å². The van der Waals surface area contributed by atoms with E-state index in [1.165, 1.54) is 11.0 Å². The third-order valence-corrected chi connectivity index (χ3v) is 6.69. The molecule has 2 aliphatic rings. The fraction of sp³-hybridized carbons (Fsp3) is 0.321. The smallest absolute Gasteiger partial charge is 0.416 e. The van der Waals surface area contributed by atoms with Gasteiger partial charge in [-0.15, -0.1) is 0 Å². The van der Waals surface area contributed by atoms with Crippen LogP contribution in [0.3, 0.4) is 0 Å². The Hall–Kier alpha value is -4.74. The van der Waals surface area contributed by atoms with Gasteiger partial charge in [-0.2, -0.15) is 0 Å². The molecule has 0 aliphatic carbocycles. The summed E-state index contributed by atoms with van der Waals surface area (Å²) in [6.07, 6.45) is 1.54. The minimum atomic E-state index is -0.787. The van der Waals surface area contributed by atoms with Crippen LogP contribution in [0, 0.1) is 5.82 Å². The van der Waals surface area contributed by atoms with Crippen molar-refractivity contribution in [3.8, 4) is 11.1 Å². The van der Waals surface area contributed by atoms with Gasteiger partial charge in [0.2, 0.25) is 11.9 Å². The molecule has 3 aromatic rings. The number of hydrogen-bond acceptors (Lipinski definition) is 8. The summed E-state index contributed by atoms with van der Waals surface area (Å²) in [6.45, 7) is 4.01. The summed E-state index contributed by atoms with van der Waals surface area (Å²) >= 11 is 0. The topological polar surface area (TPSA) is 117 Å². The van der Waals surface area contributed by atoms with E-state index in [9.17, 15) is 14.4 Å². The molecule has 2 aromatic carbocycles. The summed E-state index contributed by atoms with van der Waals surface area (Å²) in [5.74, 6) is -0.309. The Morgan fingerprint density at radius 3 is 2.48 bits per heavy atom. The summed E-state index contributed by atoms with van der Waals surface area (Å²) in [6, 6.07) is 13.9. The molecule has 3 amide bonds. The van der Waals surface area contributed by atoms with Crippen molar-refractivity contribution in [2.24, 2.45) is 0 Å². The lowest BCUT2D eigenvalue weighted by molar-refractivity contribution is -0.123. The maximum absolute atomic E-state index is 15.1. The van der Waals surface area contributed by atoms with E-state index in [1.807, 2.05) is 35.2 Å². The molecule has 11 nitrogen and oxygen atoms in total. The number of hydrogen-bond donors (Lipinski definition) is 1. The average Bonchev–Trinajstić information content (AvgIpc) is 3.36. The van der Waals surface area contributed by atoms with Gasteiger partial charge >= 0.3 is 12.2 Å². The van der Waals surface area contributed by atoms with E-state index in [1.54, 1.807) is 36.4 Å². The van der Waals surface area contributed by atoms with Crippen molar-refractivity contribution in [2.45, 2.75) is 26.2 Å². The highest BCUT2D eigenvalue weighted by molar-refractivity contribution is 5.90. The van der Waals surface area contributed by atoms with Crippen molar-refractivity contribution < 1.29 is 28.2 Å². The lowest BCUT2D eigenvalue weighted by Gasteiger charge is -2.34. The standard InChI is InChI=1S/C28H29FN6O5/c1-2-24(36)32-25-17-35(28(38)40-25)21-8-9-22(23(29)14-21)20-15-30-26(31-16-20)33-10-12-34(13-11-33)27(37)39-18-19-6-4-3-5-7-19/h3-9,14-16,25H,2,10-13,17-18H2,1H3,(H,32,36). The zero-order chi connectivity index (χ0) is 28.1. The second kappa shape index (κ2) is 12.0. The number of cyclic esters (lactones) is 1. The highest BCUT2D eigenvalue weighted by Crippen LogP contribution is 2.29. The molecule has 0 saturated carbocycles. The number of benzene rings is 2. The molecular weight excluding hydrogens is 519 g/mol. The molecule has 1 atom stereocenters. The molecule has 2 saturated heterocycles. The van der Waals surface area contributed by atoms with Gasteiger partial charge in [0.25, 0.3) is 0 Å². The summed E-state index contributed by atoms with van der Waals surface area (Å²) in [4.78, 5) is 49.9. The highest BCUT2D eigenvalue weighted by Gasteiger charge is 2.33. The van der Waals surface area contributed by atoms with E-state index in [-0.39, 0.29) is 37.1 Å². The van der Waals surface area contributed by atoms with E-state index < -0.39 is 18.1 Å². The van der Waals surface area contributed by atoms with Gasteiger partial charge in [-0.3, -0.25) is 9.69 Å². The van der Waals surface area contributed by atoms with Crippen LogP contribution >= 0.6 is 0 Å². The van der Waals surface area contributed by atoms with Crippen LogP contribution in [0.5, 0.6) is 0 Å². The minimum absolute atomic E-state index is 0.0825. The number of rotatable bonds is 7. The molecular formula is C28H29FN6O5. The number of ether oxygens (including phenoxy) is 2. The summed E-state index contributed by atoms with van der Waals surface area (Å²) < 4.78 is 25.6. The van der Waals surface area contributed by atoms with Crippen molar-refractivity contribution in [2.75, 3.05) is 42.5 Å². The number of anilines is 2. The van der Waals surface area contributed by atoms with Crippen molar-refractivity contribution >= 4 is 29.7 Å². The number of nitrogens with zero attached hydrogens (tertiary/aromatic N) is 5. The molecule has 1 aromatic heterocycles. The number of carbonyl (C=O) groups excluding carboxylic acids is 3. The van der Waals surface area contributed by atoms with E-state index in [0.717, 1.165) is 5.56 Å². The van der Waals surface area contributed by atoms with Gasteiger partial charge in [-0.25, -0.2) is 23.9 Å². The number of carbonyl (C=O) groups is 3. The lowest BCUT2D eigenvalue weighted by Crippen LogP contribution is -2.49. The predicted octanol–water partition coefficient (Wildman–Crippen LogP) is 3.55. The Morgan fingerprint density at radius 1 is 1.07 bits per heavy atom. The Morgan fingerprint density at radius 2 is 1.80 bits per heavy atom. The Bertz CT molecular complexity index is 1370. The maximum Gasteiger partial charge on any atom is 0.416 e. The molecule has 40 heavy (non-hydrogen) atoms. The Balaban J connectivity index is 1.16. The Labute approximate surface area is 230 Å². The molecule has 208 valence electrons. The largest absolute Gasteiger partial charge is 0.445 e. The normalized spacial score (nSPS) is 17.0. The molecule has 5 rings (SSSR count). The molecule has 3 heterocycles. The third-order valence-electron chi connectivity index (χ3n) is 6.69. The molecule has 0 radical (unpaired) electrons. The predicted molar refractivity (Wildman–Crippen MR) is 144 cm³/mol. The van der Waals surface area contributed by atoms with Crippen molar-refractivity contribution in [1.82, 2.24) is 20.2 Å². The second-order valence-corrected chi connectivity index (χ2v) is 9.35. The first kappa shape index (κ1) is 26.9. The van der Waals surface area contributed by atoms with Gasteiger partial charge in [-0.1, -0.05) is 37.3 Å². The van der Waals surface area contributed by atoms with Crippen molar-refractivity contribution in [3.05, 3.63) is 72.3 Å². The molecule has 12 heteroatoms. The van der Waals surface area contributed by atoms with Crippen molar-refractivity contribution in [1.29, 1.82) is 0 Å². The van der Waals surface area contributed by atoms with Gasteiger partial charge in [0.15, 0.2) is 6.23 Å². The van der Waals surface area contributed by atoms with Crippen LogP contribution in [-0.2, 0) is 20.9 Å². The third kappa shape index (κ3) is 6.11. The fourth-order valence-corrected chi connectivity index (χ4v) is 4.46. The molecule has 1 N–H and O–H groups in total. The van der Waals surface area contributed by atoms with E-state index >= 15 is 4.39 Å². The zero-order valence-electron chi connectivity index (χ0n) is 22.0. The van der Waals surface area contributed by atoms with E-state index in [0.29, 0.717) is 43.4 Å². The molecule has 2 aliphatic heterocycles. The molecule has 0 spiro atoms. The number of amides is 3. The monoisotopic (exact) mass is 548 g/mol. The highest BCUT2D eigenvalue weighted by atomic mass is 19.1. The van der Waals surface area contributed by atoms with Crippen LogP contribution in [0.15, 0.2) is 60.9 Å².